The number of esters is 1. The number of nitrogens with one attached hydrogen (secondary N) is 1. The minimum absolute atomic E-state index is 0.321. The number of rotatable bonds is 7. The van der Waals surface area contributed by atoms with E-state index in [1.807, 2.05) is 26.8 Å². The van der Waals surface area contributed by atoms with Crippen molar-refractivity contribution in [3.63, 3.8) is 0 Å². The molecule has 5 nitrogen and oxygen atoms in total. The lowest BCUT2D eigenvalue weighted by Gasteiger charge is -2.24. The average Bonchev–Trinajstić information content (AvgIpc) is 2.45. The van der Waals surface area contributed by atoms with Crippen LogP contribution in [0.3, 0.4) is 0 Å². The molecule has 0 aliphatic rings. The SMILES string of the molecule is CCCC(C)(C)OC(=O)Nc1ccccc1/C=C/C(=O)OCC. The van der Waals surface area contributed by atoms with Crippen LogP contribution in [0.5, 0.6) is 0 Å². The summed E-state index contributed by atoms with van der Waals surface area (Å²) in [6.45, 7) is 7.86. The van der Waals surface area contributed by atoms with Gasteiger partial charge in [-0.15, -0.1) is 0 Å². The largest absolute Gasteiger partial charge is 0.463 e. The second kappa shape index (κ2) is 8.98. The highest BCUT2D eigenvalue weighted by atomic mass is 16.6. The normalized spacial score (nSPS) is 11.3. The molecule has 126 valence electrons. The van der Waals surface area contributed by atoms with Crippen LogP contribution in [0.25, 0.3) is 6.08 Å². The second-order valence-electron chi connectivity index (χ2n) is 5.70. The van der Waals surface area contributed by atoms with Gasteiger partial charge in [0.2, 0.25) is 0 Å². The fourth-order valence-corrected chi connectivity index (χ4v) is 2.14. The smallest absolute Gasteiger partial charge is 0.412 e. The maximum Gasteiger partial charge on any atom is 0.412 e. The van der Waals surface area contributed by atoms with E-state index in [1.54, 1.807) is 31.2 Å². The van der Waals surface area contributed by atoms with E-state index in [2.05, 4.69) is 5.32 Å². The maximum absolute atomic E-state index is 12.0. The number of ether oxygens (including phenoxy) is 2. The highest BCUT2D eigenvalue weighted by molar-refractivity contribution is 5.91. The van der Waals surface area contributed by atoms with Gasteiger partial charge in [0, 0.05) is 6.08 Å². The highest BCUT2D eigenvalue weighted by Crippen LogP contribution is 2.20. The molecule has 0 heterocycles. The predicted octanol–water partition coefficient (Wildman–Crippen LogP) is 4.39. The van der Waals surface area contributed by atoms with Crippen molar-refractivity contribution in [1.29, 1.82) is 0 Å². The first-order valence-corrected chi connectivity index (χ1v) is 7.82. The highest BCUT2D eigenvalue weighted by Gasteiger charge is 2.22. The van der Waals surface area contributed by atoms with Crippen LogP contribution in [0.1, 0.15) is 46.1 Å². The van der Waals surface area contributed by atoms with E-state index in [0.29, 0.717) is 17.9 Å². The first kappa shape index (κ1) is 18.7. The van der Waals surface area contributed by atoms with Gasteiger partial charge in [-0.05, 0) is 44.9 Å². The number of benzene rings is 1. The third-order valence-electron chi connectivity index (χ3n) is 3.10. The van der Waals surface area contributed by atoms with E-state index in [1.165, 1.54) is 6.08 Å². The Labute approximate surface area is 137 Å². The first-order chi connectivity index (χ1) is 10.9. The molecule has 23 heavy (non-hydrogen) atoms. The van der Waals surface area contributed by atoms with Crippen LogP contribution in [-0.4, -0.2) is 24.3 Å². The Morgan fingerprint density at radius 1 is 1.22 bits per heavy atom. The standard InChI is InChI=1S/C18H25NO4/c1-5-13-18(3,4)23-17(21)19-15-10-8-7-9-14(15)11-12-16(20)22-6-2/h7-12H,5-6,13H2,1-4H3,(H,19,21)/b12-11+. The van der Waals surface area contributed by atoms with Crippen molar-refractivity contribution < 1.29 is 19.1 Å². The average molecular weight is 319 g/mol. The summed E-state index contributed by atoms with van der Waals surface area (Å²) in [6, 6.07) is 7.16. The van der Waals surface area contributed by atoms with Crippen LogP contribution in [0.15, 0.2) is 30.3 Å². The summed E-state index contributed by atoms with van der Waals surface area (Å²) in [5.41, 5.74) is 0.755. The molecular weight excluding hydrogens is 294 g/mol. The van der Waals surface area contributed by atoms with Crippen LogP contribution >= 0.6 is 0 Å². The Hall–Kier alpha value is -2.30. The molecule has 5 heteroatoms. The van der Waals surface area contributed by atoms with Gasteiger partial charge in [0.15, 0.2) is 0 Å². The molecule has 0 aliphatic heterocycles. The van der Waals surface area contributed by atoms with Gasteiger partial charge >= 0.3 is 12.1 Å². The zero-order valence-corrected chi connectivity index (χ0v) is 14.2. The lowest BCUT2D eigenvalue weighted by Crippen LogP contribution is -2.30. The molecule has 0 saturated heterocycles. The summed E-state index contributed by atoms with van der Waals surface area (Å²) in [5, 5.41) is 2.72. The summed E-state index contributed by atoms with van der Waals surface area (Å²) in [7, 11) is 0. The first-order valence-electron chi connectivity index (χ1n) is 7.82. The van der Waals surface area contributed by atoms with Crippen LogP contribution < -0.4 is 5.32 Å². The van der Waals surface area contributed by atoms with Crippen LogP contribution in [-0.2, 0) is 14.3 Å². The number of hydrogen-bond donors (Lipinski definition) is 1. The zero-order valence-electron chi connectivity index (χ0n) is 14.2. The van der Waals surface area contributed by atoms with Gasteiger partial charge in [-0.2, -0.15) is 0 Å². The number of anilines is 1. The van der Waals surface area contributed by atoms with Crippen molar-refractivity contribution in [2.75, 3.05) is 11.9 Å². The Bertz CT molecular complexity index is 564. The fraction of sp³-hybridized carbons (Fsp3) is 0.444. The third kappa shape index (κ3) is 7.00. The van der Waals surface area contributed by atoms with Gasteiger partial charge in [0.1, 0.15) is 5.60 Å². The lowest BCUT2D eigenvalue weighted by molar-refractivity contribution is -0.137. The van der Waals surface area contributed by atoms with Crippen molar-refractivity contribution >= 4 is 23.8 Å². The number of carbonyl (C=O) groups excluding carboxylic acids is 2. The summed E-state index contributed by atoms with van der Waals surface area (Å²) in [5.74, 6) is -0.422. The summed E-state index contributed by atoms with van der Waals surface area (Å²) in [4.78, 5) is 23.4. The van der Waals surface area contributed by atoms with Gasteiger partial charge in [-0.25, -0.2) is 9.59 Å². The summed E-state index contributed by atoms with van der Waals surface area (Å²) >= 11 is 0. The molecule has 0 atom stereocenters. The molecule has 0 aliphatic carbocycles. The Balaban J connectivity index is 2.77. The molecular formula is C18H25NO4. The van der Waals surface area contributed by atoms with Crippen LogP contribution in [0, 0.1) is 0 Å². The van der Waals surface area contributed by atoms with Crippen LogP contribution in [0.2, 0.25) is 0 Å². The van der Waals surface area contributed by atoms with Crippen molar-refractivity contribution in [1.82, 2.24) is 0 Å². The van der Waals surface area contributed by atoms with E-state index in [4.69, 9.17) is 9.47 Å². The lowest BCUT2D eigenvalue weighted by atomic mass is 10.0. The molecule has 0 bridgehead atoms. The van der Waals surface area contributed by atoms with Crippen LogP contribution in [0.4, 0.5) is 10.5 Å². The minimum Gasteiger partial charge on any atom is -0.463 e. The molecule has 0 radical (unpaired) electrons. The number of carbonyl (C=O) groups is 2. The quantitative estimate of drug-likeness (QED) is 0.598. The Morgan fingerprint density at radius 2 is 1.91 bits per heavy atom. The molecule has 1 rings (SSSR count). The van der Waals surface area contributed by atoms with Crippen molar-refractivity contribution in [2.45, 2.75) is 46.1 Å². The molecule has 0 fully saturated rings. The molecule has 0 spiro atoms. The van der Waals surface area contributed by atoms with Gasteiger partial charge in [-0.3, -0.25) is 5.32 Å². The molecule has 0 aromatic heterocycles. The minimum atomic E-state index is -0.519. The number of para-hydroxylation sites is 1. The molecule has 0 unspecified atom stereocenters. The molecule has 1 aromatic carbocycles. The molecule has 1 aromatic rings. The van der Waals surface area contributed by atoms with E-state index in [9.17, 15) is 9.59 Å². The predicted molar refractivity (Wildman–Crippen MR) is 91.2 cm³/mol. The molecule has 0 saturated carbocycles. The van der Waals surface area contributed by atoms with E-state index in [-0.39, 0.29) is 0 Å². The van der Waals surface area contributed by atoms with Gasteiger partial charge in [0.05, 0.1) is 12.3 Å². The zero-order chi connectivity index (χ0) is 17.3. The van der Waals surface area contributed by atoms with E-state index >= 15 is 0 Å². The topological polar surface area (TPSA) is 64.6 Å². The summed E-state index contributed by atoms with van der Waals surface area (Å²) in [6.07, 6.45) is 4.13. The summed E-state index contributed by atoms with van der Waals surface area (Å²) < 4.78 is 10.3. The molecule has 1 N–H and O–H groups in total. The van der Waals surface area contributed by atoms with Crippen molar-refractivity contribution in [3.05, 3.63) is 35.9 Å². The number of hydrogen-bond acceptors (Lipinski definition) is 4. The van der Waals surface area contributed by atoms with Gasteiger partial charge in [0.25, 0.3) is 0 Å². The van der Waals surface area contributed by atoms with E-state index < -0.39 is 17.7 Å². The van der Waals surface area contributed by atoms with Gasteiger partial charge < -0.3 is 9.47 Å². The number of amides is 1. The van der Waals surface area contributed by atoms with Crippen molar-refractivity contribution in [2.24, 2.45) is 0 Å². The second-order valence-corrected chi connectivity index (χ2v) is 5.70. The Morgan fingerprint density at radius 3 is 2.57 bits per heavy atom. The fourth-order valence-electron chi connectivity index (χ4n) is 2.14. The molecule has 1 amide bonds. The Kier molecular flexibility index (Phi) is 7.32. The van der Waals surface area contributed by atoms with Crippen molar-refractivity contribution in [3.8, 4) is 0 Å². The van der Waals surface area contributed by atoms with E-state index in [0.717, 1.165) is 12.8 Å². The van der Waals surface area contributed by atoms with Gasteiger partial charge in [-0.1, -0.05) is 31.5 Å². The maximum atomic E-state index is 12.0. The monoisotopic (exact) mass is 319 g/mol. The third-order valence-corrected chi connectivity index (χ3v) is 3.10.